The molecule has 3 heterocycles. The van der Waals surface area contributed by atoms with Crippen molar-refractivity contribution in [1.82, 2.24) is 9.55 Å². The number of aromatic nitrogens is 2. The highest BCUT2D eigenvalue weighted by Crippen LogP contribution is 2.35. The number of esters is 1. The van der Waals surface area contributed by atoms with Crippen LogP contribution in [0.4, 0.5) is 0 Å². The molecule has 0 fully saturated rings. The van der Waals surface area contributed by atoms with Crippen LogP contribution in [-0.4, -0.2) is 41.2 Å². The highest BCUT2D eigenvalue weighted by molar-refractivity contribution is 7.20. The largest absolute Gasteiger partial charge is 0.486 e. The fraction of sp³-hybridized carbons (Fsp3) is 0.273. The first kappa shape index (κ1) is 20.7. The average Bonchev–Trinajstić information content (AvgIpc) is 3.37. The Balaban J connectivity index is 1.58. The van der Waals surface area contributed by atoms with Gasteiger partial charge in [0.1, 0.15) is 13.2 Å². The second-order valence-electron chi connectivity index (χ2n) is 6.96. The van der Waals surface area contributed by atoms with E-state index >= 15 is 0 Å². The lowest BCUT2D eigenvalue weighted by molar-refractivity contribution is -0.143. The van der Waals surface area contributed by atoms with Gasteiger partial charge in [-0.3, -0.25) is 9.59 Å². The van der Waals surface area contributed by atoms with Crippen LogP contribution in [0.1, 0.15) is 23.1 Å². The molecular formula is C22H19N3O5S2. The van der Waals surface area contributed by atoms with Crippen molar-refractivity contribution >= 4 is 55.0 Å². The predicted molar refractivity (Wildman–Crippen MR) is 122 cm³/mol. The van der Waals surface area contributed by atoms with Crippen LogP contribution in [0.2, 0.25) is 0 Å². The van der Waals surface area contributed by atoms with Crippen LogP contribution in [0.5, 0.6) is 11.5 Å². The van der Waals surface area contributed by atoms with Crippen molar-refractivity contribution in [1.29, 1.82) is 0 Å². The molecule has 2 aromatic carbocycles. The quantitative estimate of drug-likeness (QED) is 0.413. The molecule has 164 valence electrons. The van der Waals surface area contributed by atoms with Crippen LogP contribution < -0.4 is 14.3 Å². The summed E-state index contributed by atoms with van der Waals surface area (Å²) in [6.45, 7) is 3.37. The van der Waals surface area contributed by atoms with E-state index in [0.29, 0.717) is 47.7 Å². The summed E-state index contributed by atoms with van der Waals surface area (Å²) in [5.74, 6) is 0.572. The van der Waals surface area contributed by atoms with Gasteiger partial charge in [-0.15, -0.1) is 11.3 Å². The number of nitrogens with zero attached hydrogens (tertiary/aromatic N) is 3. The van der Waals surface area contributed by atoms with Crippen molar-refractivity contribution < 1.29 is 23.8 Å². The SMILES string of the molecule is CCOC(=O)CCn1c(=NC(=O)c2nc3ccccc3s2)sc2cc3c(cc21)OCCO3. The van der Waals surface area contributed by atoms with E-state index in [-0.39, 0.29) is 12.4 Å². The second kappa shape index (κ2) is 8.71. The standard InChI is InChI=1S/C22H19N3O5S2/c1-2-28-19(26)7-8-25-14-11-15-16(30-10-9-29-15)12-18(14)32-22(25)24-20(27)21-23-13-5-3-4-6-17(13)31-21/h3-6,11-12H,2,7-10H2,1H3. The van der Waals surface area contributed by atoms with Gasteiger partial charge in [0.2, 0.25) is 0 Å². The second-order valence-corrected chi connectivity index (χ2v) is 9.00. The Hall–Kier alpha value is -3.24. The number of hydrogen-bond acceptors (Lipinski definition) is 8. The van der Waals surface area contributed by atoms with Gasteiger partial charge in [-0.1, -0.05) is 23.5 Å². The van der Waals surface area contributed by atoms with Gasteiger partial charge < -0.3 is 18.8 Å². The lowest BCUT2D eigenvalue weighted by atomic mass is 10.2. The lowest BCUT2D eigenvalue weighted by Crippen LogP contribution is -2.20. The minimum absolute atomic E-state index is 0.163. The van der Waals surface area contributed by atoms with E-state index in [1.165, 1.54) is 22.7 Å². The summed E-state index contributed by atoms with van der Waals surface area (Å²) in [6.07, 6.45) is 0.163. The molecule has 0 saturated carbocycles. The highest BCUT2D eigenvalue weighted by Gasteiger charge is 2.18. The maximum atomic E-state index is 12.9. The fourth-order valence-corrected chi connectivity index (χ4v) is 5.36. The van der Waals surface area contributed by atoms with E-state index in [9.17, 15) is 9.59 Å². The minimum Gasteiger partial charge on any atom is -0.486 e. The molecule has 5 rings (SSSR count). The van der Waals surface area contributed by atoms with E-state index in [2.05, 4.69) is 9.98 Å². The van der Waals surface area contributed by atoms with Gasteiger partial charge in [-0.2, -0.15) is 4.99 Å². The Labute approximate surface area is 190 Å². The van der Waals surface area contributed by atoms with Gasteiger partial charge in [-0.25, -0.2) is 4.98 Å². The van der Waals surface area contributed by atoms with Crippen LogP contribution in [0.25, 0.3) is 20.4 Å². The smallest absolute Gasteiger partial charge is 0.308 e. The molecule has 0 saturated heterocycles. The summed E-state index contributed by atoms with van der Waals surface area (Å²) >= 11 is 2.67. The predicted octanol–water partition coefficient (Wildman–Crippen LogP) is 3.78. The number of fused-ring (bicyclic) bond motifs is 3. The molecule has 2 aromatic heterocycles. The van der Waals surface area contributed by atoms with Crippen LogP contribution in [0, 0.1) is 0 Å². The number of para-hydroxylation sites is 1. The number of rotatable bonds is 5. The number of carbonyl (C=O) groups is 2. The third-order valence-electron chi connectivity index (χ3n) is 4.87. The Kier molecular flexibility index (Phi) is 5.62. The van der Waals surface area contributed by atoms with Crippen molar-refractivity contribution in [2.45, 2.75) is 19.9 Å². The van der Waals surface area contributed by atoms with Crippen LogP contribution in [0.15, 0.2) is 41.4 Å². The highest BCUT2D eigenvalue weighted by atomic mass is 32.1. The van der Waals surface area contributed by atoms with Gasteiger partial charge >= 0.3 is 11.9 Å². The van der Waals surface area contributed by atoms with Crippen LogP contribution in [-0.2, 0) is 16.1 Å². The zero-order valence-electron chi connectivity index (χ0n) is 17.2. The van der Waals surface area contributed by atoms with Crippen molar-refractivity contribution in [3.8, 4) is 11.5 Å². The fourth-order valence-electron chi connectivity index (χ4n) is 3.44. The molecular weight excluding hydrogens is 450 g/mol. The number of amides is 1. The number of ether oxygens (including phenoxy) is 3. The maximum absolute atomic E-state index is 12.9. The molecule has 4 aromatic rings. The van der Waals surface area contributed by atoms with Crippen molar-refractivity contribution in [3.63, 3.8) is 0 Å². The molecule has 1 aliphatic heterocycles. The first-order valence-corrected chi connectivity index (χ1v) is 11.8. The number of hydrogen-bond donors (Lipinski definition) is 0. The Bertz CT molecular complexity index is 1370. The third kappa shape index (κ3) is 3.98. The van der Waals surface area contributed by atoms with E-state index in [4.69, 9.17) is 14.2 Å². The Morgan fingerprint density at radius 3 is 2.69 bits per heavy atom. The monoisotopic (exact) mass is 469 g/mol. The molecule has 10 heteroatoms. The van der Waals surface area contributed by atoms with Crippen LogP contribution >= 0.6 is 22.7 Å². The lowest BCUT2D eigenvalue weighted by Gasteiger charge is -2.18. The molecule has 0 aliphatic carbocycles. The average molecular weight is 470 g/mol. The van der Waals surface area contributed by atoms with Gasteiger partial charge in [0.05, 0.1) is 33.5 Å². The Morgan fingerprint density at radius 2 is 1.91 bits per heavy atom. The summed E-state index contributed by atoms with van der Waals surface area (Å²) < 4.78 is 20.1. The molecule has 0 spiro atoms. The number of benzene rings is 2. The first-order valence-electron chi connectivity index (χ1n) is 10.2. The van der Waals surface area contributed by atoms with Gasteiger partial charge in [0, 0.05) is 18.7 Å². The molecule has 0 N–H and O–H groups in total. The minimum atomic E-state index is -0.417. The van der Waals surface area contributed by atoms with Crippen molar-refractivity contribution in [2.75, 3.05) is 19.8 Å². The van der Waals surface area contributed by atoms with Crippen molar-refractivity contribution in [3.05, 3.63) is 46.2 Å². The zero-order valence-corrected chi connectivity index (χ0v) is 18.8. The molecule has 32 heavy (non-hydrogen) atoms. The maximum Gasteiger partial charge on any atom is 0.308 e. The van der Waals surface area contributed by atoms with Gasteiger partial charge in [0.15, 0.2) is 21.3 Å². The molecule has 0 radical (unpaired) electrons. The van der Waals surface area contributed by atoms with Gasteiger partial charge in [-0.05, 0) is 19.1 Å². The topological polar surface area (TPSA) is 92.0 Å². The first-order chi connectivity index (χ1) is 15.6. The van der Waals surface area contributed by atoms with Gasteiger partial charge in [0.25, 0.3) is 0 Å². The Morgan fingerprint density at radius 1 is 1.12 bits per heavy atom. The molecule has 0 atom stereocenters. The summed E-state index contributed by atoms with van der Waals surface area (Å²) in [5.41, 5.74) is 1.59. The van der Waals surface area contributed by atoms with E-state index in [0.717, 1.165) is 20.4 Å². The van der Waals surface area contributed by atoms with Crippen LogP contribution in [0.3, 0.4) is 0 Å². The normalized spacial score (nSPS) is 13.6. The molecule has 1 amide bonds. The molecule has 0 bridgehead atoms. The molecule has 1 aliphatic rings. The number of carbonyl (C=O) groups excluding carboxylic acids is 2. The summed E-state index contributed by atoms with van der Waals surface area (Å²) in [7, 11) is 0. The molecule has 0 unspecified atom stereocenters. The molecule has 8 nitrogen and oxygen atoms in total. The number of thiazole rings is 2. The summed E-state index contributed by atoms with van der Waals surface area (Å²) in [6, 6.07) is 11.3. The third-order valence-corrected chi connectivity index (χ3v) is 6.93. The zero-order chi connectivity index (χ0) is 22.1. The van der Waals surface area contributed by atoms with E-state index < -0.39 is 5.91 Å². The number of aryl methyl sites for hydroxylation is 1. The van der Waals surface area contributed by atoms with E-state index in [1.807, 2.05) is 41.0 Å². The summed E-state index contributed by atoms with van der Waals surface area (Å²) in [4.78, 5) is 34.2. The van der Waals surface area contributed by atoms with Crippen molar-refractivity contribution in [2.24, 2.45) is 4.99 Å². The van der Waals surface area contributed by atoms with E-state index in [1.54, 1.807) is 6.92 Å². The summed E-state index contributed by atoms with van der Waals surface area (Å²) in [5, 5.41) is 0.326.